The normalized spacial score (nSPS) is 19.9. The molecule has 1 saturated heterocycles. The van der Waals surface area contributed by atoms with Gasteiger partial charge in [0.15, 0.2) is 12.4 Å². The fraction of sp³-hybridized carbons (Fsp3) is 0.774. The van der Waals surface area contributed by atoms with Crippen LogP contribution in [-0.4, -0.2) is 99.6 Å². The van der Waals surface area contributed by atoms with E-state index in [-0.39, 0.29) is 19.4 Å². The maximum atomic E-state index is 13.4. The van der Waals surface area contributed by atoms with Gasteiger partial charge >= 0.3 is 5.97 Å². The van der Waals surface area contributed by atoms with Crippen LogP contribution in [0.2, 0.25) is 0 Å². The van der Waals surface area contributed by atoms with Gasteiger partial charge in [-0.05, 0) is 89.9 Å². The number of nitrogens with one attached hydrogen (secondary N) is 1. The van der Waals surface area contributed by atoms with E-state index in [2.05, 4.69) is 86.8 Å². The zero-order valence-corrected chi connectivity index (χ0v) is 46.5. The van der Waals surface area contributed by atoms with Gasteiger partial charge in [-0.3, -0.25) is 9.59 Å². The van der Waals surface area contributed by atoms with Crippen molar-refractivity contribution in [3.63, 3.8) is 0 Å². The molecule has 0 aromatic heterocycles. The van der Waals surface area contributed by atoms with Gasteiger partial charge in [0.2, 0.25) is 5.91 Å². The van der Waals surface area contributed by atoms with Gasteiger partial charge in [0.1, 0.15) is 24.4 Å². The summed E-state index contributed by atoms with van der Waals surface area (Å²) in [5.74, 6) is -1.23. The molecule has 1 aliphatic heterocycles. The first-order valence-corrected chi connectivity index (χ1v) is 29.7. The summed E-state index contributed by atoms with van der Waals surface area (Å²) in [6.45, 7) is 5.69. The Morgan fingerprint density at radius 1 is 0.534 bits per heavy atom. The third-order valence-electron chi connectivity index (χ3n) is 13.6. The van der Waals surface area contributed by atoms with Gasteiger partial charge in [-0.15, -0.1) is 0 Å². The molecule has 0 aromatic rings. The summed E-state index contributed by atoms with van der Waals surface area (Å²) < 4.78 is 17.5. The van der Waals surface area contributed by atoms with Gasteiger partial charge in [0.25, 0.3) is 0 Å². The highest BCUT2D eigenvalue weighted by Gasteiger charge is 2.47. The van der Waals surface area contributed by atoms with Crippen molar-refractivity contribution >= 4 is 11.9 Å². The van der Waals surface area contributed by atoms with E-state index in [9.17, 15) is 35.1 Å². The molecule has 11 heteroatoms. The summed E-state index contributed by atoms with van der Waals surface area (Å²) in [5, 5.41) is 56.8. The molecule has 8 atom stereocenters. The lowest BCUT2D eigenvalue weighted by Crippen LogP contribution is -2.61. The number of ether oxygens (including phenoxy) is 3. The van der Waals surface area contributed by atoms with Crippen molar-refractivity contribution in [2.45, 2.75) is 294 Å². The molecule has 0 saturated carbocycles. The van der Waals surface area contributed by atoms with E-state index in [1.807, 2.05) is 6.08 Å². The van der Waals surface area contributed by atoms with Gasteiger partial charge in [-0.1, -0.05) is 222 Å². The highest BCUT2D eigenvalue weighted by atomic mass is 16.7. The fourth-order valence-corrected chi connectivity index (χ4v) is 8.79. The van der Waals surface area contributed by atoms with Crippen molar-refractivity contribution in [3.8, 4) is 0 Å². The molecule has 1 fully saturated rings. The standard InChI is InChI=1S/C62H109NO10/c1-4-7-10-13-16-19-22-24-25-26-27-28-29-30-32-35-37-40-43-46-49-55(66)61(70)63-53(54(65)48-45-42-39-36-34-31-23-20-17-14-11-8-5-2)52-71-62-60(59(69)58(68)56(51-64)72-62)73-57(67)50-47-44-41-38-33-21-18-15-12-9-6-3/h15-16,18-19,24-25,27-28,30,32,45,48,53-56,58-60,62,64-66,68-69H,4-14,17,20-23,26,29,31,33-44,46-47,49-52H2,1-3H3,(H,63,70)/b18-15-,19-16-,25-24-,28-27-,32-30-,48-45+. The predicted molar refractivity (Wildman–Crippen MR) is 301 cm³/mol. The highest BCUT2D eigenvalue weighted by Crippen LogP contribution is 2.26. The molecular formula is C62H109NO10. The molecule has 8 unspecified atom stereocenters. The number of hydrogen-bond donors (Lipinski definition) is 6. The van der Waals surface area contributed by atoms with Crippen LogP contribution in [-0.2, 0) is 23.8 Å². The molecule has 422 valence electrons. The first-order chi connectivity index (χ1) is 35.7. The van der Waals surface area contributed by atoms with Gasteiger partial charge in [0, 0.05) is 6.42 Å². The molecule has 73 heavy (non-hydrogen) atoms. The monoisotopic (exact) mass is 1030 g/mol. The number of rotatable bonds is 49. The van der Waals surface area contributed by atoms with Crippen molar-refractivity contribution in [1.82, 2.24) is 5.32 Å². The minimum absolute atomic E-state index is 0.108. The smallest absolute Gasteiger partial charge is 0.306 e. The molecule has 1 rings (SSSR count). The quantitative estimate of drug-likeness (QED) is 0.0195. The van der Waals surface area contributed by atoms with Gasteiger partial charge in [-0.25, -0.2) is 0 Å². The highest BCUT2D eigenvalue weighted by molar-refractivity contribution is 5.80. The number of allylic oxidation sites excluding steroid dienone is 11. The number of esters is 1. The van der Waals surface area contributed by atoms with Crippen LogP contribution in [0.25, 0.3) is 0 Å². The van der Waals surface area contributed by atoms with E-state index < -0.39 is 67.4 Å². The van der Waals surface area contributed by atoms with E-state index in [1.165, 1.54) is 96.3 Å². The lowest BCUT2D eigenvalue weighted by Gasteiger charge is -2.41. The van der Waals surface area contributed by atoms with Crippen LogP contribution in [0.3, 0.4) is 0 Å². The first-order valence-electron chi connectivity index (χ1n) is 29.7. The Morgan fingerprint density at radius 3 is 1.49 bits per heavy atom. The number of amides is 1. The molecule has 1 aliphatic rings. The lowest BCUT2D eigenvalue weighted by molar-refractivity contribution is -0.305. The first kappa shape index (κ1) is 68.1. The number of aliphatic hydroxyl groups excluding tert-OH is 5. The molecule has 0 spiro atoms. The molecule has 6 N–H and O–H groups in total. The molecule has 0 radical (unpaired) electrons. The SMILES string of the molecule is CCCC/C=C\CCCCCCCC(=O)OC1C(OCC(NC(=O)C(O)CCCCCC/C=C\C/C=C\C/C=C\C/C=C\CCCCC)C(O)/C=C/CCCCCCCCCCCCC)OC(CO)C(O)C1O. The molecule has 11 nitrogen and oxygen atoms in total. The summed E-state index contributed by atoms with van der Waals surface area (Å²) in [7, 11) is 0. The zero-order valence-electron chi connectivity index (χ0n) is 46.5. The largest absolute Gasteiger partial charge is 0.454 e. The summed E-state index contributed by atoms with van der Waals surface area (Å²) in [5.41, 5.74) is 0. The van der Waals surface area contributed by atoms with E-state index in [0.29, 0.717) is 12.8 Å². The molecule has 0 bridgehead atoms. The molecule has 0 aromatic carbocycles. The Bertz CT molecular complexity index is 1460. The number of unbranched alkanes of at least 4 members (excludes halogenated alkanes) is 25. The Labute approximate surface area is 445 Å². The van der Waals surface area contributed by atoms with Crippen LogP contribution >= 0.6 is 0 Å². The molecular weight excluding hydrogens is 919 g/mol. The summed E-state index contributed by atoms with van der Waals surface area (Å²) >= 11 is 0. The zero-order chi connectivity index (χ0) is 53.3. The Kier molecular flexibility index (Phi) is 46.6. The van der Waals surface area contributed by atoms with Crippen molar-refractivity contribution in [1.29, 1.82) is 0 Å². The fourth-order valence-electron chi connectivity index (χ4n) is 8.79. The number of carbonyl (C=O) groups is 2. The maximum absolute atomic E-state index is 13.4. The average molecular weight is 1030 g/mol. The van der Waals surface area contributed by atoms with Gasteiger partial charge in [0.05, 0.1) is 25.4 Å². The number of aliphatic hydroxyl groups is 5. The second-order valence-corrected chi connectivity index (χ2v) is 20.4. The molecule has 1 heterocycles. The second kappa shape index (κ2) is 49.9. The van der Waals surface area contributed by atoms with E-state index >= 15 is 0 Å². The topological polar surface area (TPSA) is 175 Å². The number of carbonyl (C=O) groups excluding carboxylic acids is 2. The van der Waals surface area contributed by atoms with Crippen LogP contribution < -0.4 is 5.32 Å². The van der Waals surface area contributed by atoms with Gasteiger partial charge < -0.3 is 45.1 Å². The van der Waals surface area contributed by atoms with Crippen LogP contribution in [0.5, 0.6) is 0 Å². The molecule has 0 aliphatic carbocycles. The minimum atomic E-state index is -1.62. The summed E-state index contributed by atoms with van der Waals surface area (Å²) in [6, 6.07) is -1.04. The second-order valence-electron chi connectivity index (χ2n) is 20.4. The van der Waals surface area contributed by atoms with Crippen LogP contribution in [0.4, 0.5) is 0 Å². The van der Waals surface area contributed by atoms with Crippen molar-refractivity contribution in [2.75, 3.05) is 13.2 Å². The maximum Gasteiger partial charge on any atom is 0.306 e. The van der Waals surface area contributed by atoms with Crippen LogP contribution in [0.15, 0.2) is 72.9 Å². The summed E-state index contributed by atoms with van der Waals surface area (Å²) in [4.78, 5) is 26.4. The Hall–Kier alpha value is -2.90. The van der Waals surface area contributed by atoms with Crippen LogP contribution in [0, 0.1) is 0 Å². The van der Waals surface area contributed by atoms with E-state index in [0.717, 1.165) is 103 Å². The minimum Gasteiger partial charge on any atom is -0.454 e. The average Bonchev–Trinajstić information content (AvgIpc) is 3.39. The lowest BCUT2D eigenvalue weighted by atomic mass is 9.99. The Morgan fingerprint density at radius 2 is 0.959 bits per heavy atom. The van der Waals surface area contributed by atoms with Crippen LogP contribution in [0.1, 0.15) is 245 Å². The van der Waals surface area contributed by atoms with Crippen molar-refractivity contribution in [2.24, 2.45) is 0 Å². The summed E-state index contributed by atoms with van der Waals surface area (Å²) in [6.07, 6.45) is 52.3. The number of hydrogen-bond acceptors (Lipinski definition) is 10. The van der Waals surface area contributed by atoms with E-state index in [1.54, 1.807) is 6.08 Å². The Balaban J connectivity index is 2.73. The third kappa shape index (κ3) is 38.3. The van der Waals surface area contributed by atoms with Crippen molar-refractivity contribution < 1.29 is 49.3 Å². The molecule has 1 amide bonds. The third-order valence-corrected chi connectivity index (χ3v) is 13.6. The predicted octanol–water partition coefficient (Wildman–Crippen LogP) is 13.6. The van der Waals surface area contributed by atoms with E-state index in [4.69, 9.17) is 14.2 Å². The van der Waals surface area contributed by atoms with Gasteiger partial charge in [-0.2, -0.15) is 0 Å². The van der Waals surface area contributed by atoms with Crippen molar-refractivity contribution in [3.05, 3.63) is 72.9 Å².